The highest BCUT2D eigenvalue weighted by atomic mass is 35.5. The minimum absolute atomic E-state index is 0.0931. The van der Waals surface area contributed by atoms with Gasteiger partial charge < -0.3 is 15.2 Å². The molecule has 3 aliphatic rings. The number of hydrogen-bond acceptors (Lipinski definition) is 6. The van der Waals surface area contributed by atoms with Crippen LogP contribution in [0.3, 0.4) is 0 Å². The number of rotatable bonds is 1. The first-order chi connectivity index (χ1) is 11.0. The standard InChI is InChI=1S/C16H13ClN4O2/c1-9-6-22-16(23-9)15(8-19)12(10-2-4-11(17)5-3-10)14(15,7-18)13(20)21-16/h2-5,9,12H,6H2,1H3,(H2,20,21)/t9-,12-,14-,15-,16+/m1/s1. The lowest BCUT2D eigenvalue weighted by atomic mass is 9.94. The van der Waals surface area contributed by atoms with Gasteiger partial charge in [0.1, 0.15) is 11.3 Å². The first-order valence-corrected chi connectivity index (χ1v) is 7.61. The molecule has 2 aliphatic heterocycles. The van der Waals surface area contributed by atoms with Crippen molar-refractivity contribution in [3.63, 3.8) is 0 Å². The van der Waals surface area contributed by atoms with Crippen molar-refractivity contribution in [2.45, 2.75) is 24.9 Å². The molecule has 2 N–H and O–H groups in total. The Balaban J connectivity index is 1.91. The Hall–Kier alpha value is -2.12. The van der Waals surface area contributed by atoms with Gasteiger partial charge in [0.05, 0.1) is 24.8 Å². The van der Waals surface area contributed by atoms with Crippen molar-refractivity contribution in [3.8, 4) is 12.1 Å². The number of nitrogens with two attached hydrogens (primary N) is 1. The summed E-state index contributed by atoms with van der Waals surface area (Å²) in [6.45, 7) is 2.13. The number of benzene rings is 1. The Kier molecular flexibility index (Phi) is 2.67. The van der Waals surface area contributed by atoms with Crippen molar-refractivity contribution in [1.82, 2.24) is 0 Å². The number of halogens is 1. The predicted octanol–water partition coefficient (Wildman–Crippen LogP) is 1.92. The van der Waals surface area contributed by atoms with Crippen LogP contribution in [0.5, 0.6) is 0 Å². The lowest BCUT2D eigenvalue weighted by Gasteiger charge is -2.26. The van der Waals surface area contributed by atoms with Crippen molar-refractivity contribution in [3.05, 3.63) is 34.9 Å². The zero-order valence-corrected chi connectivity index (χ0v) is 13.0. The highest BCUT2D eigenvalue weighted by Gasteiger charge is 2.94. The SMILES string of the molecule is C[C@@H]1CO[C@]2(N=C(N)[C@@]3(C#N)[C@@H](c4ccc(Cl)cc4)[C@@]23C#N)O1. The van der Waals surface area contributed by atoms with Gasteiger partial charge in [0.15, 0.2) is 5.41 Å². The van der Waals surface area contributed by atoms with Gasteiger partial charge in [-0.3, -0.25) is 0 Å². The van der Waals surface area contributed by atoms with E-state index in [1.807, 2.05) is 6.92 Å². The van der Waals surface area contributed by atoms with Crippen molar-refractivity contribution in [2.24, 2.45) is 21.6 Å². The largest absolute Gasteiger partial charge is 0.386 e. The third kappa shape index (κ3) is 1.38. The van der Waals surface area contributed by atoms with Gasteiger partial charge in [-0.15, -0.1) is 0 Å². The lowest BCUT2D eigenvalue weighted by Crippen LogP contribution is -2.39. The number of nitriles is 2. The molecular weight excluding hydrogens is 316 g/mol. The summed E-state index contributed by atoms with van der Waals surface area (Å²) in [4.78, 5) is 4.26. The van der Waals surface area contributed by atoms with Gasteiger partial charge in [0.25, 0.3) is 5.91 Å². The Labute approximate surface area is 138 Å². The fraction of sp³-hybridized carbons (Fsp3) is 0.438. The second-order valence-electron chi connectivity index (χ2n) is 6.14. The Bertz CT molecular complexity index is 811. The van der Waals surface area contributed by atoms with E-state index in [-0.39, 0.29) is 11.9 Å². The first-order valence-electron chi connectivity index (χ1n) is 7.23. The van der Waals surface area contributed by atoms with Gasteiger partial charge in [-0.1, -0.05) is 23.7 Å². The number of ether oxygens (including phenoxy) is 2. The molecule has 0 unspecified atom stereocenters. The molecule has 4 rings (SSSR count). The van der Waals surface area contributed by atoms with E-state index < -0.39 is 22.7 Å². The molecule has 2 heterocycles. The van der Waals surface area contributed by atoms with Crippen LogP contribution in [0.1, 0.15) is 18.4 Å². The van der Waals surface area contributed by atoms with Crippen molar-refractivity contribution in [2.75, 3.05) is 6.61 Å². The summed E-state index contributed by atoms with van der Waals surface area (Å²) in [7, 11) is 0. The maximum Gasteiger partial charge on any atom is 0.293 e. The number of aliphatic imine (C=N–C) groups is 1. The van der Waals surface area contributed by atoms with Crippen LogP contribution in [0, 0.1) is 33.5 Å². The normalized spacial score (nSPS) is 43.6. The second kappa shape index (κ2) is 4.24. The van der Waals surface area contributed by atoms with Crippen LogP contribution in [-0.4, -0.2) is 24.5 Å². The molecule has 1 saturated carbocycles. The van der Waals surface area contributed by atoms with Crippen molar-refractivity contribution in [1.29, 1.82) is 10.5 Å². The molecule has 116 valence electrons. The van der Waals surface area contributed by atoms with E-state index in [2.05, 4.69) is 17.1 Å². The van der Waals surface area contributed by atoms with Crippen LogP contribution in [-0.2, 0) is 9.47 Å². The summed E-state index contributed by atoms with van der Waals surface area (Å²) in [5.41, 5.74) is 4.35. The van der Waals surface area contributed by atoms with Crippen LogP contribution < -0.4 is 5.73 Å². The van der Waals surface area contributed by atoms with E-state index in [4.69, 9.17) is 26.8 Å². The molecule has 1 aliphatic carbocycles. The van der Waals surface area contributed by atoms with Crippen LogP contribution in [0.2, 0.25) is 5.02 Å². The number of hydrogen-bond donors (Lipinski definition) is 1. The van der Waals surface area contributed by atoms with Crippen LogP contribution in [0.25, 0.3) is 0 Å². The molecule has 0 aromatic heterocycles. The predicted molar refractivity (Wildman–Crippen MR) is 81.1 cm³/mol. The molecule has 5 atom stereocenters. The quantitative estimate of drug-likeness (QED) is 0.848. The minimum atomic E-state index is -1.51. The lowest BCUT2D eigenvalue weighted by molar-refractivity contribution is -0.193. The third-order valence-corrected chi connectivity index (χ3v) is 5.26. The average Bonchev–Trinajstić information content (AvgIpc) is 2.92. The van der Waals surface area contributed by atoms with Crippen LogP contribution >= 0.6 is 11.6 Å². The zero-order valence-electron chi connectivity index (χ0n) is 12.3. The Morgan fingerprint density at radius 1 is 1.30 bits per heavy atom. The van der Waals surface area contributed by atoms with Crippen molar-refractivity contribution < 1.29 is 9.47 Å². The summed E-state index contributed by atoms with van der Waals surface area (Å²) in [6, 6.07) is 11.5. The Morgan fingerprint density at radius 3 is 2.52 bits per heavy atom. The molecule has 6 nitrogen and oxygen atoms in total. The molecule has 7 heteroatoms. The topological polar surface area (TPSA) is 104 Å². The van der Waals surface area contributed by atoms with Gasteiger partial charge in [-0.2, -0.15) is 10.5 Å². The van der Waals surface area contributed by atoms with E-state index in [0.717, 1.165) is 5.56 Å². The van der Waals surface area contributed by atoms with E-state index in [0.29, 0.717) is 11.6 Å². The monoisotopic (exact) mass is 328 g/mol. The molecule has 1 spiro atoms. The number of nitrogens with zero attached hydrogens (tertiary/aromatic N) is 3. The Morgan fingerprint density at radius 2 is 2.00 bits per heavy atom. The maximum atomic E-state index is 9.96. The smallest absolute Gasteiger partial charge is 0.293 e. The van der Waals surface area contributed by atoms with Gasteiger partial charge in [0.2, 0.25) is 0 Å². The highest BCUT2D eigenvalue weighted by Crippen LogP contribution is 2.82. The zero-order chi connectivity index (χ0) is 16.5. The van der Waals surface area contributed by atoms with Crippen molar-refractivity contribution >= 4 is 17.4 Å². The molecule has 1 aromatic carbocycles. The summed E-state index contributed by atoms with van der Waals surface area (Å²) < 4.78 is 11.6. The van der Waals surface area contributed by atoms with E-state index in [1.165, 1.54) is 0 Å². The second-order valence-corrected chi connectivity index (χ2v) is 6.58. The summed E-state index contributed by atoms with van der Waals surface area (Å²) in [5.74, 6) is -1.88. The average molecular weight is 329 g/mol. The van der Waals surface area contributed by atoms with E-state index >= 15 is 0 Å². The van der Waals surface area contributed by atoms with Crippen LogP contribution in [0.15, 0.2) is 29.3 Å². The van der Waals surface area contributed by atoms with Gasteiger partial charge in [0, 0.05) is 10.9 Å². The minimum Gasteiger partial charge on any atom is -0.386 e. The number of amidine groups is 1. The summed E-state index contributed by atoms with van der Waals surface area (Å²) >= 11 is 5.94. The highest BCUT2D eigenvalue weighted by molar-refractivity contribution is 6.30. The van der Waals surface area contributed by atoms with E-state index in [9.17, 15) is 10.5 Å². The number of fused-ring (bicyclic) bond motifs is 2. The van der Waals surface area contributed by atoms with Crippen LogP contribution in [0.4, 0.5) is 0 Å². The van der Waals surface area contributed by atoms with E-state index in [1.54, 1.807) is 24.3 Å². The molecule has 23 heavy (non-hydrogen) atoms. The fourth-order valence-electron chi connectivity index (χ4n) is 4.02. The molecular formula is C16H13ClN4O2. The van der Waals surface area contributed by atoms with Gasteiger partial charge in [-0.05, 0) is 24.6 Å². The molecule has 0 amide bonds. The molecule has 2 fully saturated rings. The third-order valence-electron chi connectivity index (χ3n) is 5.01. The molecule has 0 bridgehead atoms. The van der Waals surface area contributed by atoms with Gasteiger partial charge in [-0.25, -0.2) is 4.99 Å². The summed E-state index contributed by atoms with van der Waals surface area (Å²) in [5, 5.41) is 20.4. The molecule has 0 radical (unpaired) electrons. The summed E-state index contributed by atoms with van der Waals surface area (Å²) in [6.07, 6.45) is -0.224. The van der Waals surface area contributed by atoms with Gasteiger partial charge >= 0.3 is 0 Å². The molecule has 1 aromatic rings. The first kappa shape index (κ1) is 14.5. The maximum absolute atomic E-state index is 9.96. The molecule has 1 saturated heterocycles. The fourth-order valence-corrected chi connectivity index (χ4v) is 4.14.